The minimum absolute atomic E-state index is 0.0289. The lowest BCUT2D eigenvalue weighted by Crippen LogP contribution is -1.95. The molecular weight excluding hydrogens is 112 g/mol. The van der Waals surface area contributed by atoms with E-state index < -0.39 is 0 Å². The summed E-state index contributed by atoms with van der Waals surface area (Å²) in [4.78, 5) is 10.4. The Morgan fingerprint density at radius 3 is 2.11 bits per heavy atom. The molecule has 9 heavy (non-hydrogen) atoms. The van der Waals surface area contributed by atoms with Crippen LogP contribution in [0, 0.1) is 5.41 Å². The first-order valence-electron chi connectivity index (χ1n) is 3.31. The lowest BCUT2D eigenvalue weighted by atomic mass is 10.1. The van der Waals surface area contributed by atoms with E-state index in [1.165, 1.54) is 5.57 Å². The second-order valence-corrected chi connectivity index (χ2v) is 3.07. The molecule has 0 amide bonds. The minimum Gasteiger partial charge on any atom is -0.302 e. The standard InChI is InChI=1S/C8H12O/c1-7(2)5-8(6-9)3-4-8/h5-6H,3-4H2,1-2H3. The Balaban J connectivity index is 2.62. The van der Waals surface area contributed by atoms with Gasteiger partial charge in [0.25, 0.3) is 0 Å². The molecule has 0 spiro atoms. The van der Waals surface area contributed by atoms with Crippen LogP contribution < -0.4 is 0 Å². The molecule has 1 fully saturated rings. The summed E-state index contributed by atoms with van der Waals surface area (Å²) in [7, 11) is 0. The van der Waals surface area contributed by atoms with Gasteiger partial charge in [-0.2, -0.15) is 0 Å². The van der Waals surface area contributed by atoms with E-state index in [9.17, 15) is 4.79 Å². The predicted octanol–water partition coefficient (Wildman–Crippen LogP) is 1.93. The van der Waals surface area contributed by atoms with Gasteiger partial charge in [-0.05, 0) is 26.7 Å². The highest BCUT2D eigenvalue weighted by Gasteiger charge is 2.39. The number of aldehydes is 1. The highest BCUT2D eigenvalue weighted by atomic mass is 16.1. The molecule has 0 aliphatic heterocycles. The van der Waals surface area contributed by atoms with E-state index in [-0.39, 0.29) is 5.41 Å². The predicted molar refractivity (Wildman–Crippen MR) is 37.2 cm³/mol. The van der Waals surface area contributed by atoms with Crippen LogP contribution in [0.2, 0.25) is 0 Å². The van der Waals surface area contributed by atoms with Crippen molar-refractivity contribution in [1.82, 2.24) is 0 Å². The number of hydrogen-bond acceptors (Lipinski definition) is 1. The van der Waals surface area contributed by atoms with Gasteiger partial charge in [0, 0.05) is 5.41 Å². The van der Waals surface area contributed by atoms with Crippen molar-refractivity contribution in [3.63, 3.8) is 0 Å². The molecule has 1 aliphatic carbocycles. The van der Waals surface area contributed by atoms with Crippen LogP contribution in [0.5, 0.6) is 0 Å². The van der Waals surface area contributed by atoms with Crippen LogP contribution in [0.15, 0.2) is 11.6 Å². The van der Waals surface area contributed by atoms with Gasteiger partial charge in [0.15, 0.2) is 0 Å². The van der Waals surface area contributed by atoms with Crippen LogP contribution in [0.1, 0.15) is 26.7 Å². The normalized spacial score (nSPS) is 20.7. The van der Waals surface area contributed by atoms with Gasteiger partial charge in [-0.1, -0.05) is 11.6 Å². The van der Waals surface area contributed by atoms with Crippen LogP contribution in [-0.4, -0.2) is 6.29 Å². The van der Waals surface area contributed by atoms with Crippen molar-refractivity contribution in [1.29, 1.82) is 0 Å². The molecule has 0 N–H and O–H groups in total. The molecule has 0 radical (unpaired) electrons. The van der Waals surface area contributed by atoms with Crippen molar-refractivity contribution >= 4 is 6.29 Å². The minimum atomic E-state index is -0.0289. The van der Waals surface area contributed by atoms with Crippen molar-refractivity contribution in [3.05, 3.63) is 11.6 Å². The molecule has 1 nitrogen and oxygen atoms in total. The number of hydrogen-bond donors (Lipinski definition) is 0. The van der Waals surface area contributed by atoms with Crippen molar-refractivity contribution in [2.45, 2.75) is 26.7 Å². The van der Waals surface area contributed by atoms with Gasteiger partial charge >= 0.3 is 0 Å². The number of carbonyl (C=O) groups is 1. The van der Waals surface area contributed by atoms with Crippen LogP contribution in [0.4, 0.5) is 0 Å². The molecule has 0 saturated heterocycles. The molecule has 0 unspecified atom stereocenters. The Labute approximate surface area is 55.8 Å². The fourth-order valence-electron chi connectivity index (χ4n) is 1.02. The monoisotopic (exact) mass is 124 g/mol. The lowest BCUT2D eigenvalue weighted by Gasteiger charge is -1.96. The molecule has 1 rings (SSSR count). The van der Waals surface area contributed by atoms with Crippen molar-refractivity contribution in [3.8, 4) is 0 Å². The summed E-state index contributed by atoms with van der Waals surface area (Å²) >= 11 is 0. The lowest BCUT2D eigenvalue weighted by molar-refractivity contribution is -0.110. The fraction of sp³-hybridized carbons (Fsp3) is 0.625. The van der Waals surface area contributed by atoms with E-state index in [0.717, 1.165) is 19.1 Å². The van der Waals surface area contributed by atoms with Crippen LogP contribution >= 0.6 is 0 Å². The van der Waals surface area contributed by atoms with E-state index in [1.54, 1.807) is 0 Å². The highest BCUT2D eigenvalue weighted by Crippen LogP contribution is 2.45. The van der Waals surface area contributed by atoms with Crippen LogP contribution in [0.3, 0.4) is 0 Å². The zero-order valence-corrected chi connectivity index (χ0v) is 5.98. The largest absolute Gasteiger partial charge is 0.302 e. The van der Waals surface area contributed by atoms with Gasteiger partial charge < -0.3 is 4.79 Å². The molecule has 0 aromatic rings. The van der Waals surface area contributed by atoms with Gasteiger partial charge in [-0.25, -0.2) is 0 Å². The van der Waals surface area contributed by atoms with E-state index in [2.05, 4.69) is 6.08 Å². The SMILES string of the molecule is CC(C)=CC1(C=O)CC1. The molecule has 0 bridgehead atoms. The third-order valence-corrected chi connectivity index (χ3v) is 1.64. The fourth-order valence-corrected chi connectivity index (χ4v) is 1.02. The third kappa shape index (κ3) is 1.41. The average Bonchev–Trinajstić information content (AvgIpc) is 2.48. The summed E-state index contributed by atoms with van der Waals surface area (Å²) in [5, 5.41) is 0. The topological polar surface area (TPSA) is 17.1 Å². The van der Waals surface area contributed by atoms with E-state index >= 15 is 0 Å². The Morgan fingerprint density at radius 2 is 2.00 bits per heavy atom. The zero-order chi connectivity index (χ0) is 6.91. The Kier molecular flexibility index (Phi) is 1.43. The number of carbonyl (C=O) groups excluding carboxylic acids is 1. The molecule has 1 aliphatic rings. The second-order valence-electron chi connectivity index (χ2n) is 3.07. The number of allylic oxidation sites excluding steroid dienone is 2. The number of rotatable bonds is 2. The van der Waals surface area contributed by atoms with Gasteiger partial charge in [0.1, 0.15) is 6.29 Å². The molecule has 1 heteroatoms. The van der Waals surface area contributed by atoms with Crippen LogP contribution in [-0.2, 0) is 4.79 Å². The first kappa shape index (κ1) is 6.53. The highest BCUT2D eigenvalue weighted by molar-refractivity contribution is 5.67. The molecule has 0 aromatic carbocycles. The van der Waals surface area contributed by atoms with E-state index in [1.807, 2.05) is 13.8 Å². The molecular formula is C8H12O. The molecule has 0 heterocycles. The summed E-state index contributed by atoms with van der Waals surface area (Å²) in [6.45, 7) is 4.06. The second kappa shape index (κ2) is 1.98. The Hall–Kier alpha value is -0.590. The third-order valence-electron chi connectivity index (χ3n) is 1.64. The maximum absolute atomic E-state index is 10.4. The maximum atomic E-state index is 10.4. The molecule has 0 atom stereocenters. The first-order chi connectivity index (χ1) is 4.18. The summed E-state index contributed by atoms with van der Waals surface area (Å²) in [5.41, 5.74) is 1.22. The van der Waals surface area contributed by atoms with Crippen molar-refractivity contribution in [2.24, 2.45) is 5.41 Å². The molecule has 0 aromatic heterocycles. The van der Waals surface area contributed by atoms with Gasteiger partial charge in [0.2, 0.25) is 0 Å². The summed E-state index contributed by atoms with van der Waals surface area (Å²) < 4.78 is 0. The first-order valence-corrected chi connectivity index (χ1v) is 3.31. The summed E-state index contributed by atoms with van der Waals surface area (Å²) in [6.07, 6.45) is 5.25. The van der Waals surface area contributed by atoms with Crippen LogP contribution in [0.25, 0.3) is 0 Å². The smallest absolute Gasteiger partial charge is 0.129 e. The van der Waals surface area contributed by atoms with Crippen molar-refractivity contribution in [2.75, 3.05) is 0 Å². The Bertz CT molecular complexity index is 148. The molecule has 1 saturated carbocycles. The molecule has 50 valence electrons. The summed E-state index contributed by atoms with van der Waals surface area (Å²) in [5.74, 6) is 0. The zero-order valence-electron chi connectivity index (χ0n) is 5.98. The van der Waals surface area contributed by atoms with Crippen molar-refractivity contribution < 1.29 is 4.79 Å². The van der Waals surface area contributed by atoms with Gasteiger partial charge in [-0.3, -0.25) is 0 Å². The maximum Gasteiger partial charge on any atom is 0.129 e. The van der Waals surface area contributed by atoms with E-state index in [0.29, 0.717) is 0 Å². The Morgan fingerprint density at radius 1 is 1.44 bits per heavy atom. The van der Waals surface area contributed by atoms with Gasteiger partial charge in [-0.15, -0.1) is 0 Å². The summed E-state index contributed by atoms with van der Waals surface area (Å²) in [6, 6.07) is 0. The van der Waals surface area contributed by atoms with E-state index in [4.69, 9.17) is 0 Å². The quantitative estimate of drug-likeness (QED) is 0.406. The van der Waals surface area contributed by atoms with Gasteiger partial charge in [0.05, 0.1) is 0 Å². The average molecular weight is 124 g/mol.